The monoisotopic (exact) mass is 522 g/mol. The third kappa shape index (κ3) is 6.19. The highest BCUT2D eigenvalue weighted by atomic mass is 16.6. The average molecular weight is 523 g/mol. The van der Waals surface area contributed by atoms with Crippen LogP contribution in [0.3, 0.4) is 0 Å². The predicted molar refractivity (Wildman–Crippen MR) is 151 cm³/mol. The molecule has 8 heteroatoms. The second-order valence-electron chi connectivity index (χ2n) is 9.97. The van der Waals surface area contributed by atoms with Crippen LogP contribution in [0.15, 0.2) is 84.9 Å². The van der Waals surface area contributed by atoms with Gasteiger partial charge in [0.2, 0.25) is 0 Å². The molecule has 1 saturated heterocycles. The van der Waals surface area contributed by atoms with Gasteiger partial charge in [-0.05, 0) is 46.5 Å². The Bertz CT molecular complexity index is 1370. The molecule has 0 amide bonds. The summed E-state index contributed by atoms with van der Waals surface area (Å²) in [7, 11) is 0. The van der Waals surface area contributed by atoms with E-state index in [1.165, 1.54) is 11.1 Å². The molecule has 1 atom stereocenters. The summed E-state index contributed by atoms with van der Waals surface area (Å²) in [5.41, 5.74) is 3.45. The normalized spacial score (nSPS) is 16.9. The van der Waals surface area contributed by atoms with Gasteiger partial charge in [0.1, 0.15) is 13.2 Å². The highest BCUT2D eigenvalue weighted by Gasteiger charge is 2.29. The second kappa shape index (κ2) is 12.2. The van der Waals surface area contributed by atoms with Crippen molar-refractivity contribution < 1.29 is 9.47 Å². The number of hydrogen-bond donors (Lipinski definition) is 0. The Morgan fingerprint density at radius 1 is 0.821 bits per heavy atom. The van der Waals surface area contributed by atoms with Gasteiger partial charge in [-0.2, -0.15) is 4.68 Å². The molecule has 2 aliphatic heterocycles. The van der Waals surface area contributed by atoms with Crippen molar-refractivity contribution in [3.8, 4) is 17.2 Å². The summed E-state index contributed by atoms with van der Waals surface area (Å²) in [6.07, 6.45) is 6.36. The minimum Gasteiger partial charge on any atom is -0.486 e. The van der Waals surface area contributed by atoms with E-state index in [0.29, 0.717) is 13.2 Å². The first kappa shape index (κ1) is 25.3. The molecule has 3 aromatic carbocycles. The zero-order valence-corrected chi connectivity index (χ0v) is 22.1. The number of fused-ring (bicyclic) bond motifs is 1. The number of ether oxygens (including phenoxy) is 2. The summed E-state index contributed by atoms with van der Waals surface area (Å²) >= 11 is 0. The topological polar surface area (TPSA) is 68.5 Å². The van der Waals surface area contributed by atoms with Gasteiger partial charge in [-0.1, -0.05) is 72.8 Å². The van der Waals surface area contributed by atoms with Crippen LogP contribution < -0.4 is 9.47 Å². The van der Waals surface area contributed by atoms with Crippen LogP contribution in [0.1, 0.15) is 29.4 Å². The van der Waals surface area contributed by atoms with Gasteiger partial charge in [-0.25, -0.2) is 0 Å². The molecule has 39 heavy (non-hydrogen) atoms. The molecule has 4 aromatic rings. The Labute approximate surface area is 229 Å². The molecule has 1 unspecified atom stereocenters. The molecule has 1 fully saturated rings. The lowest BCUT2D eigenvalue weighted by atomic mass is 10.0. The van der Waals surface area contributed by atoms with Crippen LogP contribution in [-0.2, 0) is 6.42 Å². The smallest absolute Gasteiger partial charge is 0.173 e. The van der Waals surface area contributed by atoms with Gasteiger partial charge in [-0.15, -0.1) is 5.10 Å². The van der Waals surface area contributed by atoms with E-state index in [2.05, 4.69) is 98.1 Å². The summed E-state index contributed by atoms with van der Waals surface area (Å²) in [6.45, 7) is 6.01. The second-order valence-corrected chi connectivity index (χ2v) is 9.97. The zero-order chi connectivity index (χ0) is 26.3. The van der Waals surface area contributed by atoms with E-state index in [9.17, 15) is 0 Å². The van der Waals surface area contributed by atoms with Crippen LogP contribution in [-0.4, -0.2) is 75.9 Å². The summed E-state index contributed by atoms with van der Waals surface area (Å²) in [5, 5.41) is 13.1. The van der Waals surface area contributed by atoms with Crippen molar-refractivity contribution in [2.45, 2.75) is 18.9 Å². The molecule has 1 aromatic heterocycles. The molecule has 3 heterocycles. The van der Waals surface area contributed by atoms with Crippen molar-refractivity contribution in [2.24, 2.45) is 0 Å². The summed E-state index contributed by atoms with van der Waals surface area (Å²) < 4.78 is 13.4. The Balaban J connectivity index is 1.18. The van der Waals surface area contributed by atoms with Gasteiger partial charge in [0, 0.05) is 38.8 Å². The van der Waals surface area contributed by atoms with E-state index >= 15 is 0 Å². The maximum Gasteiger partial charge on any atom is 0.173 e. The van der Waals surface area contributed by atoms with Crippen molar-refractivity contribution in [2.75, 3.05) is 45.9 Å². The summed E-state index contributed by atoms with van der Waals surface area (Å²) in [5.74, 6) is 2.36. The van der Waals surface area contributed by atoms with Crippen molar-refractivity contribution in [3.05, 3.63) is 102 Å². The number of tetrazole rings is 1. The van der Waals surface area contributed by atoms with Crippen LogP contribution in [0.25, 0.3) is 11.8 Å². The van der Waals surface area contributed by atoms with Crippen LogP contribution in [0.5, 0.6) is 11.5 Å². The number of piperazine rings is 1. The number of aryl methyl sites for hydroxylation is 1. The molecule has 0 N–H and O–H groups in total. The zero-order valence-electron chi connectivity index (χ0n) is 22.1. The Hall–Kier alpha value is -4.01. The van der Waals surface area contributed by atoms with Gasteiger partial charge in [-0.3, -0.25) is 9.80 Å². The molecule has 0 radical (unpaired) electrons. The molecule has 0 spiro atoms. The Kier molecular flexibility index (Phi) is 7.93. The van der Waals surface area contributed by atoms with Crippen molar-refractivity contribution in [3.63, 3.8) is 0 Å². The van der Waals surface area contributed by atoms with Gasteiger partial charge in [0.05, 0.1) is 11.7 Å². The van der Waals surface area contributed by atoms with Crippen molar-refractivity contribution in [1.82, 2.24) is 30.0 Å². The molecule has 0 saturated carbocycles. The third-order valence-electron chi connectivity index (χ3n) is 7.43. The van der Waals surface area contributed by atoms with E-state index in [4.69, 9.17) is 9.47 Å². The fourth-order valence-corrected chi connectivity index (χ4v) is 5.33. The fraction of sp³-hybridized carbons (Fsp3) is 0.323. The molecule has 200 valence electrons. The molecule has 0 aliphatic carbocycles. The predicted octanol–water partition coefficient (Wildman–Crippen LogP) is 4.44. The summed E-state index contributed by atoms with van der Waals surface area (Å²) in [4.78, 5) is 5.05. The van der Waals surface area contributed by atoms with E-state index < -0.39 is 0 Å². The first-order chi connectivity index (χ1) is 19.3. The van der Waals surface area contributed by atoms with E-state index in [0.717, 1.165) is 68.6 Å². The lowest BCUT2D eigenvalue weighted by Gasteiger charge is -2.38. The summed E-state index contributed by atoms with van der Waals surface area (Å²) in [6, 6.07) is 27.1. The molecule has 8 nitrogen and oxygen atoms in total. The standard InChI is InChI=1S/C31H34N6O2/c1-3-8-25(9-4-1)12-7-17-35-18-20-36(21-19-35)28(15-13-26-10-5-2-6-11-26)31-32-33-34-37(31)27-14-16-29-30(24-27)39-23-22-38-29/h1-12,14,16,24,28H,13,15,17-23H2/b12-7+. The molecule has 2 aliphatic rings. The Morgan fingerprint density at radius 2 is 1.56 bits per heavy atom. The number of aromatic nitrogens is 4. The number of benzene rings is 3. The average Bonchev–Trinajstić information content (AvgIpc) is 3.49. The van der Waals surface area contributed by atoms with Gasteiger partial charge < -0.3 is 9.47 Å². The lowest BCUT2D eigenvalue weighted by Crippen LogP contribution is -2.48. The highest BCUT2D eigenvalue weighted by Crippen LogP contribution is 2.33. The minimum absolute atomic E-state index is 0.0930. The molecular weight excluding hydrogens is 488 g/mol. The maximum atomic E-state index is 5.83. The van der Waals surface area contributed by atoms with Crippen LogP contribution in [0, 0.1) is 0 Å². The quantitative estimate of drug-likeness (QED) is 0.322. The molecular formula is C31H34N6O2. The first-order valence-corrected chi connectivity index (χ1v) is 13.7. The third-order valence-corrected chi connectivity index (χ3v) is 7.43. The van der Waals surface area contributed by atoms with Crippen LogP contribution in [0.4, 0.5) is 0 Å². The van der Waals surface area contributed by atoms with E-state index in [-0.39, 0.29) is 6.04 Å². The van der Waals surface area contributed by atoms with Gasteiger partial charge in [0.25, 0.3) is 0 Å². The molecule has 6 rings (SSSR count). The van der Waals surface area contributed by atoms with Crippen LogP contribution in [0.2, 0.25) is 0 Å². The number of rotatable bonds is 9. The maximum absolute atomic E-state index is 5.83. The minimum atomic E-state index is 0.0930. The number of nitrogens with zero attached hydrogens (tertiary/aromatic N) is 6. The van der Waals surface area contributed by atoms with E-state index in [1.807, 2.05) is 22.9 Å². The molecule has 0 bridgehead atoms. The highest BCUT2D eigenvalue weighted by molar-refractivity contribution is 5.50. The lowest BCUT2D eigenvalue weighted by molar-refractivity contribution is 0.0938. The largest absolute Gasteiger partial charge is 0.486 e. The van der Waals surface area contributed by atoms with Crippen molar-refractivity contribution in [1.29, 1.82) is 0 Å². The van der Waals surface area contributed by atoms with Crippen molar-refractivity contribution >= 4 is 6.08 Å². The van der Waals surface area contributed by atoms with Crippen LogP contribution >= 0.6 is 0 Å². The SMILES string of the molecule is C(=C\c1ccccc1)/CN1CCN(C(CCc2ccccc2)c2nnnn2-c2ccc3c(c2)OCCO3)CC1. The van der Waals surface area contributed by atoms with Gasteiger partial charge in [0.15, 0.2) is 17.3 Å². The van der Waals surface area contributed by atoms with Gasteiger partial charge >= 0.3 is 0 Å². The fourth-order valence-electron chi connectivity index (χ4n) is 5.33. The van der Waals surface area contributed by atoms with E-state index in [1.54, 1.807) is 0 Å². The number of hydrogen-bond acceptors (Lipinski definition) is 7. The Morgan fingerprint density at radius 3 is 2.36 bits per heavy atom. The first-order valence-electron chi connectivity index (χ1n) is 13.7.